The van der Waals surface area contributed by atoms with E-state index >= 15 is 0 Å². The highest BCUT2D eigenvalue weighted by Crippen LogP contribution is 2.13. The Morgan fingerprint density at radius 1 is 1.28 bits per heavy atom. The van der Waals surface area contributed by atoms with Gasteiger partial charge in [0.05, 0.1) is 6.61 Å². The minimum absolute atomic E-state index is 0.00248. The van der Waals surface area contributed by atoms with E-state index < -0.39 is 0 Å². The Morgan fingerprint density at radius 3 is 2.83 bits per heavy atom. The first-order valence-electron chi connectivity index (χ1n) is 6.09. The molecule has 1 heterocycles. The monoisotopic (exact) mass is 250 g/mol. The van der Waals surface area contributed by atoms with Crippen LogP contribution in [-0.2, 0) is 9.53 Å². The van der Waals surface area contributed by atoms with Crippen molar-refractivity contribution in [1.29, 1.82) is 0 Å². The van der Waals surface area contributed by atoms with Gasteiger partial charge in [0.2, 0.25) is 0 Å². The molecular weight excluding hydrogens is 232 g/mol. The van der Waals surface area contributed by atoms with Crippen molar-refractivity contribution in [2.24, 2.45) is 0 Å². The predicted octanol–water partition coefficient (Wildman–Crippen LogP) is 0.896. The molecular formula is C13H18N2O3. The number of anilines is 1. The first kappa shape index (κ1) is 12.7. The van der Waals surface area contributed by atoms with Gasteiger partial charge in [-0.25, -0.2) is 0 Å². The second kappa shape index (κ2) is 6.26. The van der Waals surface area contributed by atoms with Gasteiger partial charge in [0.15, 0.2) is 6.61 Å². The maximum atomic E-state index is 11.9. The number of benzene rings is 1. The summed E-state index contributed by atoms with van der Waals surface area (Å²) in [7, 11) is 0. The number of nitrogen functional groups attached to an aromatic ring is 1. The normalized spacial score (nSPS) is 16.1. The van der Waals surface area contributed by atoms with Crippen molar-refractivity contribution in [3.63, 3.8) is 0 Å². The molecule has 0 saturated carbocycles. The molecule has 5 nitrogen and oxygen atoms in total. The van der Waals surface area contributed by atoms with Crippen LogP contribution in [0.3, 0.4) is 0 Å². The highest BCUT2D eigenvalue weighted by molar-refractivity contribution is 5.77. The van der Waals surface area contributed by atoms with Crippen molar-refractivity contribution in [3.05, 3.63) is 24.3 Å². The number of nitrogens with zero attached hydrogens (tertiary/aromatic N) is 1. The van der Waals surface area contributed by atoms with E-state index in [-0.39, 0.29) is 12.5 Å². The summed E-state index contributed by atoms with van der Waals surface area (Å²) in [5, 5.41) is 0. The number of carbonyl (C=O) groups is 1. The number of carbonyl (C=O) groups excluding carboxylic acids is 1. The Morgan fingerprint density at radius 2 is 2.06 bits per heavy atom. The minimum Gasteiger partial charge on any atom is -0.484 e. The molecule has 2 rings (SSSR count). The number of rotatable bonds is 3. The van der Waals surface area contributed by atoms with Crippen LogP contribution in [0.25, 0.3) is 0 Å². The van der Waals surface area contributed by atoms with Gasteiger partial charge in [0.1, 0.15) is 5.75 Å². The van der Waals surface area contributed by atoms with Crippen molar-refractivity contribution < 1.29 is 14.3 Å². The summed E-state index contributed by atoms with van der Waals surface area (Å²) >= 11 is 0. The molecule has 1 aromatic carbocycles. The van der Waals surface area contributed by atoms with Gasteiger partial charge in [-0.3, -0.25) is 4.79 Å². The van der Waals surface area contributed by atoms with Crippen molar-refractivity contribution in [2.45, 2.75) is 6.42 Å². The highest BCUT2D eigenvalue weighted by atomic mass is 16.5. The average Bonchev–Trinajstić information content (AvgIpc) is 2.66. The molecule has 1 fully saturated rings. The molecule has 0 aromatic heterocycles. The number of hydrogen-bond acceptors (Lipinski definition) is 4. The van der Waals surface area contributed by atoms with Crippen molar-refractivity contribution in [3.8, 4) is 5.75 Å². The van der Waals surface area contributed by atoms with Crippen molar-refractivity contribution in [2.75, 3.05) is 38.6 Å². The summed E-state index contributed by atoms with van der Waals surface area (Å²) in [5.74, 6) is 0.654. The van der Waals surface area contributed by atoms with Crippen LogP contribution in [0.5, 0.6) is 5.75 Å². The predicted molar refractivity (Wildman–Crippen MR) is 68.4 cm³/mol. The van der Waals surface area contributed by atoms with Crippen LogP contribution >= 0.6 is 0 Å². The van der Waals surface area contributed by atoms with Gasteiger partial charge < -0.3 is 20.1 Å². The largest absolute Gasteiger partial charge is 0.484 e. The van der Waals surface area contributed by atoms with E-state index in [2.05, 4.69) is 0 Å². The third-order valence-electron chi connectivity index (χ3n) is 2.82. The van der Waals surface area contributed by atoms with Crippen molar-refractivity contribution in [1.82, 2.24) is 4.90 Å². The highest BCUT2D eigenvalue weighted by Gasteiger charge is 2.15. The molecule has 1 aliphatic heterocycles. The lowest BCUT2D eigenvalue weighted by Crippen LogP contribution is -2.36. The second-order valence-electron chi connectivity index (χ2n) is 4.20. The standard InChI is InChI=1S/C13H18N2O3/c14-11-2-4-12(5-3-11)18-10-13(16)15-6-1-8-17-9-7-15/h2-5H,1,6-10,14H2. The lowest BCUT2D eigenvalue weighted by Gasteiger charge is -2.19. The van der Waals surface area contributed by atoms with Crippen LogP contribution in [0, 0.1) is 0 Å². The van der Waals surface area contributed by atoms with E-state index in [1.54, 1.807) is 29.2 Å². The van der Waals surface area contributed by atoms with Gasteiger partial charge in [0, 0.05) is 25.4 Å². The Hall–Kier alpha value is -1.75. The lowest BCUT2D eigenvalue weighted by molar-refractivity contribution is -0.133. The van der Waals surface area contributed by atoms with Crippen LogP contribution in [0.15, 0.2) is 24.3 Å². The van der Waals surface area contributed by atoms with E-state index in [1.807, 2.05) is 0 Å². The molecule has 0 spiro atoms. The fraction of sp³-hybridized carbons (Fsp3) is 0.462. The quantitative estimate of drug-likeness (QED) is 0.809. The zero-order valence-electron chi connectivity index (χ0n) is 10.3. The zero-order chi connectivity index (χ0) is 12.8. The molecule has 98 valence electrons. The fourth-order valence-corrected chi connectivity index (χ4v) is 1.80. The summed E-state index contributed by atoms with van der Waals surface area (Å²) in [5.41, 5.74) is 6.25. The third-order valence-corrected chi connectivity index (χ3v) is 2.82. The number of ether oxygens (including phenoxy) is 2. The SMILES string of the molecule is Nc1ccc(OCC(=O)N2CCCOCC2)cc1. The molecule has 1 aromatic rings. The average molecular weight is 250 g/mol. The Balaban J connectivity index is 1.81. The van der Waals surface area contributed by atoms with Gasteiger partial charge in [-0.05, 0) is 30.7 Å². The fourth-order valence-electron chi connectivity index (χ4n) is 1.80. The summed E-state index contributed by atoms with van der Waals surface area (Å²) < 4.78 is 10.7. The second-order valence-corrected chi connectivity index (χ2v) is 4.20. The first-order valence-corrected chi connectivity index (χ1v) is 6.09. The third kappa shape index (κ3) is 3.63. The van der Waals surface area contributed by atoms with E-state index in [9.17, 15) is 4.79 Å². The van der Waals surface area contributed by atoms with Crippen LogP contribution in [0.2, 0.25) is 0 Å². The molecule has 2 N–H and O–H groups in total. The molecule has 1 aliphatic rings. The Kier molecular flexibility index (Phi) is 4.41. The van der Waals surface area contributed by atoms with Crippen LogP contribution < -0.4 is 10.5 Å². The van der Waals surface area contributed by atoms with Crippen LogP contribution in [-0.4, -0.2) is 43.7 Å². The van der Waals surface area contributed by atoms with Gasteiger partial charge in [-0.1, -0.05) is 0 Å². The minimum atomic E-state index is -0.00248. The van der Waals surface area contributed by atoms with Crippen molar-refractivity contribution >= 4 is 11.6 Å². The Bertz CT molecular complexity index is 384. The molecule has 0 bridgehead atoms. The topological polar surface area (TPSA) is 64.8 Å². The molecule has 18 heavy (non-hydrogen) atoms. The summed E-state index contributed by atoms with van der Waals surface area (Å²) in [6.45, 7) is 2.77. The van der Waals surface area contributed by atoms with Gasteiger partial charge in [0.25, 0.3) is 5.91 Å². The molecule has 0 unspecified atom stereocenters. The molecule has 0 atom stereocenters. The summed E-state index contributed by atoms with van der Waals surface area (Å²) in [6, 6.07) is 7.02. The summed E-state index contributed by atoms with van der Waals surface area (Å²) in [4.78, 5) is 13.7. The van der Waals surface area contributed by atoms with E-state index in [4.69, 9.17) is 15.2 Å². The molecule has 0 aliphatic carbocycles. The van der Waals surface area contributed by atoms with Crippen LogP contribution in [0.1, 0.15) is 6.42 Å². The van der Waals surface area contributed by atoms with E-state index in [1.165, 1.54) is 0 Å². The molecule has 5 heteroatoms. The molecule has 1 saturated heterocycles. The van der Waals surface area contributed by atoms with Gasteiger partial charge in [-0.2, -0.15) is 0 Å². The van der Waals surface area contributed by atoms with Gasteiger partial charge >= 0.3 is 0 Å². The summed E-state index contributed by atoms with van der Waals surface area (Å²) in [6.07, 6.45) is 0.883. The molecule has 0 radical (unpaired) electrons. The number of amides is 1. The maximum Gasteiger partial charge on any atom is 0.260 e. The van der Waals surface area contributed by atoms with Crippen LogP contribution in [0.4, 0.5) is 5.69 Å². The molecule has 1 amide bonds. The van der Waals surface area contributed by atoms with E-state index in [0.29, 0.717) is 24.6 Å². The number of nitrogens with two attached hydrogens (primary N) is 1. The Labute approximate surface area is 106 Å². The lowest BCUT2D eigenvalue weighted by atomic mass is 10.3. The van der Waals surface area contributed by atoms with E-state index in [0.717, 1.165) is 19.6 Å². The smallest absolute Gasteiger partial charge is 0.260 e. The van der Waals surface area contributed by atoms with Gasteiger partial charge in [-0.15, -0.1) is 0 Å². The first-order chi connectivity index (χ1) is 8.75. The maximum absolute atomic E-state index is 11.9. The zero-order valence-corrected chi connectivity index (χ0v) is 10.3. The number of hydrogen-bond donors (Lipinski definition) is 1.